The number of aryl methyl sites for hydroxylation is 1. The van der Waals surface area contributed by atoms with Crippen molar-refractivity contribution < 1.29 is 0 Å². The van der Waals surface area contributed by atoms with Gasteiger partial charge in [-0.15, -0.1) is 0 Å². The maximum Gasteiger partial charge on any atom is 0.0834 e. The third-order valence-corrected chi connectivity index (χ3v) is 5.17. The maximum absolute atomic E-state index is 6.20. The zero-order valence-electron chi connectivity index (χ0n) is 11.1. The molecule has 1 fully saturated rings. The van der Waals surface area contributed by atoms with E-state index in [1.807, 2.05) is 7.05 Å². The standard InChI is InChI=1S/C12H21ClN4/c1-11(2)10(12(11,3)4)8(16-14)9-7(13)6-15-17(9)5/h6,8,10,16H,14H2,1-5H3. The second-order valence-corrected chi connectivity index (χ2v) is 6.47. The van der Waals surface area contributed by atoms with Crippen molar-refractivity contribution in [2.24, 2.45) is 29.6 Å². The summed E-state index contributed by atoms with van der Waals surface area (Å²) in [7, 11) is 1.90. The summed E-state index contributed by atoms with van der Waals surface area (Å²) in [6.07, 6.45) is 1.67. The van der Waals surface area contributed by atoms with Crippen LogP contribution in [-0.4, -0.2) is 9.78 Å². The molecule has 1 heterocycles. The van der Waals surface area contributed by atoms with Crippen LogP contribution in [-0.2, 0) is 7.05 Å². The van der Waals surface area contributed by atoms with Gasteiger partial charge in [0.25, 0.3) is 0 Å². The molecule has 0 bridgehead atoms. The third-order valence-electron chi connectivity index (χ3n) is 4.88. The fourth-order valence-electron chi connectivity index (χ4n) is 3.18. The fourth-order valence-corrected chi connectivity index (χ4v) is 3.47. The monoisotopic (exact) mass is 256 g/mol. The summed E-state index contributed by atoms with van der Waals surface area (Å²) in [5.41, 5.74) is 4.38. The van der Waals surface area contributed by atoms with E-state index in [2.05, 4.69) is 38.2 Å². The van der Waals surface area contributed by atoms with Gasteiger partial charge in [-0.3, -0.25) is 16.0 Å². The molecule has 96 valence electrons. The predicted octanol–water partition coefficient (Wildman–Crippen LogP) is 2.26. The third kappa shape index (κ3) is 1.62. The van der Waals surface area contributed by atoms with Gasteiger partial charge in [-0.25, -0.2) is 0 Å². The number of rotatable bonds is 3. The number of hydrazine groups is 1. The lowest BCUT2D eigenvalue weighted by Crippen LogP contribution is -2.33. The number of nitrogens with one attached hydrogen (secondary N) is 1. The van der Waals surface area contributed by atoms with Gasteiger partial charge < -0.3 is 0 Å². The summed E-state index contributed by atoms with van der Waals surface area (Å²) in [6.45, 7) is 9.08. The van der Waals surface area contributed by atoms with Crippen molar-refractivity contribution in [2.45, 2.75) is 33.7 Å². The Kier molecular flexibility index (Phi) is 2.80. The first-order chi connectivity index (χ1) is 7.75. The highest BCUT2D eigenvalue weighted by atomic mass is 35.5. The maximum atomic E-state index is 6.20. The van der Waals surface area contributed by atoms with E-state index in [1.54, 1.807) is 10.9 Å². The summed E-state index contributed by atoms with van der Waals surface area (Å²) in [5.74, 6) is 6.19. The summed E-state index contributed by atoms with van der Waals surface area (Å²) < 4.78 is 1.80. The van der Waals surface area contributed by atoms with Crippen molar-refractivity contribution in [3.8, 4) is 0 Å². The Balaban J connectivity index is 2.38. The van der Waals surface area contributed by atoms with E-state index >= 15 is 0 Å². The minimum Gasteiger partial charge on any atom is -0.271 e. The Bertz CT molecular complexity index is 402. The molecule has 1 aliphatic rings. The van der Waals surface area contributed by atoms with Crippen LogP contribution in [0.15, 0.2) is 6.20 Å². The number of nitrogens with zero attached hydrogens (tertiary/aromatic N) is 2. The van der Waals surface area contributed by atoms with Crippen LogP contribution in [0.1, 0.15) is 39.4 Å². The number of halogens is 1. The quantitative estimate of drug-likeness (QED) is 0.644. The highest BCUT2D eigenvalue weighted by molar-refractivity contribution is 6.31. The van der Waals surface area contributed by atoms with Gasteiger partial charge in [-0.2, -0.15) is 5.10 Å². The first kappa shape index (κ1) is 12.9. The SMILES string of the molecule is Cn1ncc(Cl)c1C(NN)C1C(C)(C)C1(C)C. The Hall–Kier alpha value is -0.580. The lowest BCUT2D eigenvalue weighted by Gasteiger charge is -2.19. The number of aromatic nitrogens is 2. The molecule has 17 heavy (non-hydrogen) atoms. The van der Waals surface area contributed by atoms with Crippen LogP contribution >= 0.6 is 11.6 Å². The summed E-state index contributed by atoms with van der Waals surface area (Å²) >= 11 is 6.20. The van der Waals surface area contributed by atoms with E-state index in [9.17, 15) is 0 Å². The normalized spacial score (nSPS) is 23.7. The molecule has 0 saturated heterocycles. The van der Waals surface area contributed by atoms with Crippen LogP contribution in [0, 0.1) is 16.7 Å². The largest absolute Gasteiger partial charge is 0.271 e. The second kappa shape index (κ2) is 3.70. The number of hydrogen-bond donors (Lipinski definition) is 2. The number of nitrogens with two attached hydrogens (primary N) is 1. The van der Waals surface area contributed by atoms with Gasteiger partial charge in [0.1, 0.15) is 0 Å². The van der Waals surface area contributed by atoms with Crippen molar-refractivity contribution in [1.29, 1.82) is 0 Å². The van der Waals surface area contributed by atoms with Gasteiger partial charge in [-0.05, 0) is 16.7 Å². The topological polar surface area (TPSA) is 55.9 Å². The molecule has 0 aliphatic heterocycles. The molecule has 1 saturated carbocycles. The fraction of sp³-hybridized carbons (Fsp3) is 0.750. The molecule has 0 radical (unpaired) electrons. The zero-order valence-corrected chi connectivity index (χ0v) is 11.8. The summed E-state index contributed by atoms with van der Waals surface area (Å²) in [4.78, 5) is 0. The van der Waals surface area contributed by atoms with Gasteiger partial charge in [0.15, 0.2) is 0 Å². The average molecular weight is 257 g/mol. The molecule has 1 aromatic rings. The molecular formula is C12H21ClN4. The molecule has 1 aromatic heterocycles. The Morgan fingerprint density at radius 3 is 2.24 bits per heavy atom. The molecule has 1 aliphatic carbocycles. The minimum atomic E-state index is 0.0417. The van der Waals surface area contributed by atoms with E-state index in [0.29, 0.717) is 10.9 Å². The van der Waals surface area contributed by atoms with Gasteiger partial charge in [-0.1, -0.05) is 39.3 Å². The van der Waals surface area contributed by atoms with Gasteiger partial charge in [0.2, 0.25) is 0 Å². The van der Waals surface area contributed by atoms with Crippen molar-refractivity contribution in [3.05, 3.63) is 16.9 Å². The van der Waals surface area contributed by atoms with Gasteiger partial charge in [0.05, 0.1) is 23.0 Å². The van der Waals surface area contributed by atoms with E-state index < -0.39 is 0 Å². The molecule has 4 nitrogen and oxygen atoms in total. The van der Waals surface area contributed by atoms with Crippen LogP contribution in [0.25, 0.3) is 0 Å². The van der Waals surface area contributed by atoms with Gasteiger partial charge >= 0.3 is 0 Å². The summed E-state index contributed by atoms with van der Waals surface area (Å²) in [6, 6.07) is 0.0417. The Morgan fingerprint density at radius 2 is 1.94 bits per heavy atom. The zero-order chi connectivity index (χ0) is 13.0. The lowest BCUT2D eigenvalue weighted by atomic mass is 10.0. The first-order valence-corrected chi connectivity index (χ1v) is 6.26. The molecule has 0 amide bonds. The van der Waals surface area contributed by atoms with Crippen molar-refractivity contribution in [2.75, 3.05) is 0 Å². The van der Waals surface area contributed by atoms with Crippen LogP contribution < -0.4 is 11.3 Å². The highest BCUT2D eigenvalue weighted by Gasteiger charge is 2.67. The number of hydrogen-bond acceptors (Lipinski definition) is 3. The Labute approximate surface area is 107 Å². The van der Waals surface area contributed by atoms with Crippen LogP contribution in [0.4, 0.5) is 0 Å². The molecule has 1 atom stereocenters. The van der Waals surface area contributed by atoms with Crippen LogP contribution in [0.5, 0.6) is 0 Å². The average Bonchev–Trinajstić information content (AvgIpc) is 2.51. The van der Waals surface area contributed by atoms with E-state index in [4.69, 9.17) is 17.4 Å². The van der Waals surface area contributed by atoms with Crippen molar-refractivity contribution >= 4 is 11.6 Å². The van der Waals surface area contributed by atoms with E-state index in [-0.39, 0.29) is 16.9 Å². The smallest absolute Gasteiger partial charge is 0.0834 e. The van der Waals surface area contributed by atoms with Crippen molar-refractivity contribution in [3.63, 3.8) is 0 Å². The van der Waals surface area contributed by atoms with Gasteiger partial charge in [0, 0.05) is 7.05 Å². The minimum absolute atomic E-state index is 0.0417. The second-order valence-electron chi connectivity index (χ2n) is 6.07. The Morgan fingerprint density at radius 1 is 1.41 bits per heavy atom. The molecule has 0 aromatic carbocycles. The molecule has 0 spiro atoms. The van der Waals surface area contributed by atoms with Crippen LogP contribution in [0.2, 0.25) is 5.02 Å². The highest BCUT2D eigenvalue weighted by Crippen LogP contribution is 2.72. The first-order valence-electron chi connectivity index (χ1n) is 5.88. The van der Waals surface area contributed by atoms with E-state index in [1.165, 1.54) is 0 Å². The predicted molar refractivity (Wildman–Crippen MR) is 69.3 cm³/mol. The lowest BCUT2D eigenvalue weighted by molar-refractivity contribution is 0.396. The molecule has 2 rings (SSSR count). The molecule has 5 heteroatoms. The molecular weight excluding hydrogens is 236 g/mol. The molecule has 1 unspecified atom stereocenters. The van der Waals surface area contributed by atoms with Crippen molar-refractivity contribution in [1.82, 2.24) is 15.2 Å². The summed E-state index contributed by atoms with van der Waals surface area (Å²) in [5, 5.41) is 4.85. The molecule has 3 N–H and O–H groups in total. The van der Waals surface area contributed by atoms with Crippen LogP contribution in [0.3, 0.4) is 0 Å². The van der Waals surface area contributed by atoms with E-state index in [0.717, 1.165) is 5.69 Å².